The lowest BCUT2D eigenvalue weighted by Gasteiger charge is -2.19. The molecule has 12 aromatic rings. The van der Waals surface area contributed by atoms with Gasteiger partial charge in [-0.2, -0.15) is 26.3 Å². The molecule has 660 valence electrons. The number of carbonyl (C=O) groups excluding carboxylic acids is 4. The highest BCUT2D eigenvalue weighted by atomic mass is 35.5. The molecule has 4 aliphatic rings. The number of aromatic hydroxyl groups is 4. The summed E-state index contributed by atoms with van der Waals surface area (Å²) >= 11 is 62.6. The lowest BCUT2D eigenvalue weighted by atomic mass is 9.94. The van der Waals surface area contributed by atoms with Gasteiger partial charge in [-0.3, -0.25) is 39.4 Å². The fourth-order valence-corrected chi connectivity index (χ4v) is 17.8. The second-order valence-corrected chi connectivity index (χ2v) is 32.9. The van der Waals surface area contributed by atoms with Gasteiger partial charge in [0.25, 0.3) is 35.0 Å². The molecule has 8 aromatic carbocycles. The van der Waals surface area contributed by atoms with Gasteiger partial charge in [-0.15, -0.1) is 0 Å². The average Bonchev–Trinajstić information content (AvgIpc) is 1.57. The first-order chi connectivity index (χ1) is 60.1. The van der Waals surface area contributed by atoms with Crippen molar-refractivity contribution in [2.45, 2.75) is 12.4 Å². The third kappa shape index (κ3) is 17.1. The smallest absolute Gasteiger partial charge is 0.417 e. The van der Waals surface area contributed by atoms with E-state index in [-0.39, 0.29) is 132 Å². The van der Waals surface area contributed by atoms with Crippen LogP contribution < -0.4 is 29.1 Å². The van der Waals surface area contributed by atoms with Crippen molar-refractivity contribution in [3.05, 3.63) is 270 Å². The highest BCUT2D eigenvalue weighted by Gasteiger charge is 2.45. The zero-order chi connectivity index (χ0) is 93.7. The lowest BCUT2D eigenvalue weighted by molar-refractivity contribution is -0.385. The van der Waals surface area contributed by atoms with E-state index in [1.165, 1.54) is 72.6 Å². The zero-order valence-corrected chi connectivity index (χ0v) is 74.5. The number of nitro benzene ring substituents is 2. The maximum atomic E-state index is 13.9. The Labute approximate surface area is 768 Å². The summed E-state index contributed by atoms with van der Waals surface area (Å²) in [6.07, 6.45) is -9.67. The first-order valence-electron chi connectivity index (χ1n) is 36.5. The van der Waals surface area contributed by atoms with Gasteiger partial charge in [-0.25, -0.2) is 20.0 Å². The molecule has 0 spiro atoms. The fourth-order valence-electron chi connectivity index (χ4n) is 14.7. The van der Waals surface area contributed by atoms with Crippen molar-refractivity contribution in [1.82, 2.24) is 19.9 Å². The molecule has 128 heavy (non-hydrogen) atoms. The number of carbonyl (C=O) groups is 4. The van der Waals surface area contributed by atoms with Crippen molar-refractivity contribution in [2.75, 3.05) is 90.2 Å². The Balaban J connectivity index is 0.000000146. The van der Waals surface area contributed by atoms with Gasteiger partial charge >= 0.3 is 12.4 Å². The second kappa shape index (κ2) is 35.6. The first kappa shape index (κ1) is 93.2. The van der Waals surface area contributed by atoms with Crippen LogP contribution in [0.3, 0.4) is 0 Å². The minimum absolute atomic E-state index is 0.0433. The van der Waals surface area contributed by atoms with E-state index in [0.29, 0.717) is 76.6 Å². The number of methoxy groups -OCH3 is 2. The number of H-pyrrole nitrogens is 4. The molecule has 0 saturated carbocycles. The number of hydrogen-bond acceptors (Lipinski definition) is 18. The predicted molar refractivity (Wildman–Crippen MR) is 481 cm³/mol. The quantitative estimate of drug-likeness (QED) is 0.0253. The number of ether oxygens (including phenoxy) is 2. The van der Waals surface area contributed by atoms with Crippen molar-refractivity contribution >= 4 is 197 Å². The van der Waals surface area contributed by atoms with Crippen LogP contribution in [0.15, 0.2) is 141 Å². The number of benzene rings is 8. The van der Waals surface area contributed by atoms with Crippen LogP contribution in [-0.2, 0) is 12.4 Å². The molecule has 4 amide bonds. The number of anilines is 4. The summed E-state index contributed by atoms with van der Waals surface area (Å²) in [5, 5.41) is 67.8. The highest BCUT2D eigenvalue weighted by molar-refractivity contribution is 6.44. The van der Waals surface area contributed by atoms with Crippen LogP contribution >= 0.6 is 116 Å². The summed E-state index contributed by atoms with van der Waals surface area (Å²) < 4.78 is 93.8. The summed E-state index contributed by atoms with van der Waals surface area (Å²) in [5.74, 6) is -4.16. The number of amides is 4. The molecular weight excluding hydrogens is 1900 g/mol. The number of aromatic amines is 4. The summed E-state index contributed by atoms with van der Waals surface area (Å²) in [6.45, 7) is 0. The Morgan fingerprint density at radius 2 is 0.688 bits per heavy atom. The molecule has 0 atom stereocenters. The molecule has 0 radical (unpaired) electrons. The molecule has 0 saturated heterocycles. The van der Waals surface area contributed by atoms with Crippen molar-refractivity contribution in [1.29, 1.82) is 0 Å². The van der Waals surface area contributed by atoms with E-state index in [9.17, 15) is 86.2 Å². The molecule has 8 heterocycles. The number of nitrogens with zero attached hydrogens (tertiary/aromatic N) is 10. The van der Waals surface area contributed by atoms with Gasteiger partial charge < -0.3 is 69.4 Å². The summed E-state index contributed by atoms with van der Waals surface area (Å²) in [5.41, 5.74) is -0.796. The van der Waals surface area contributed by atoms with E-state index < -0.39 is 102 Å². The van der Waals surface area contributed by atoms with E-state index in [0.717, 1.165) is 24.3 Å². The van der Waals surface area contributed by atoms with Crippen molar-refractivity contribution in [3.8, 4) is 80.0 Å². The van der Waals surface area contributed by atoms with Crippen molar-refractivity contribution in [2.24, 2.45) is 20.0 Å². The Bertz CT molecular complexity index is 6870. The first-order valence-corrected chi connectivity index (χ1v) is 40.3. The molecule has 0 fully saturated rings. The predicted octanol–water partition coefficient (Wildman–Crippen LogP) is 22.2. The topological polar surface area (TPSA) is 379 Å². The Morgan fingerprint density at radius 3 is 1.12 bits per heavy atom. The van der Waals surface area contributed by atoms with Crippen LogP contribution in [0.4, 0.5) is 60.5 Å². The van der Waals surface area contributed by atoms with Gasteiger partial charge in [0.15, 0.2) is 35.0 Å². The number of hydrogen-bond donors (Lipinski definition) is 8. The number of aromatic nitrogens is 4. The standard InChI is InChI=1S/C24H20F6N4O2.C22H18Cl4N4O2.C20H12Cl4N2O4.C18H8Cl2N4O6/c1-33(2)11-5-7-13(15(9-11)23(25,26)27)19-17-18(22(36)31-19)20(32-21(17)35)14-8-6-12(34(3)4)10-16(14)24(28,29)30;1-29(2)19-11(5-9(23)7-13(19)25)17-15-16(22(32)27-17)18(28-21(15)31)12-6-10(24)8-14(26)20(12)30(3)4;1-29-17-9(21)3-7(4-10(17)22)15-13-14(20(28)25-15)16(26-19(13)27)8-5-11(23)18(30-2)12(24)6-8;19-7-3-1-5-9(23(27)28)11(7)15-13-14(18(26)21-15)16(22-17(13)25)12-8(20)4-2-6-10(12)24(29)30/h5-10,31,36H,1-4H3;5-8,27,32H,1-4H3;3-6,25,28H,1-2H3;1-6,21,26H. The largest absolute Gasteiger partial charge is 0.494 e. The molecule has 8 N–H and O–H groups in total. The summed E-state index contributed by atoms with van der Waals surface area (Å²) in [7, 11) is 16.4. The van der Waals surface area contributed by atoms with Gasteiger partial charge in [0, 0.05) is 123 Å². The number of alkyl halides is 6. The molecule has 0 bridgehead atoms. The highest BCUT2D eigenvalue weighted by Crippen LogP contribution is 2.52. The number of halogens is 16. The van der Waals surface area contributed by atoms with Crippen LogP contribution in [0.2, 0.25) is 50.2 Å². The third-order valence-corrected chi connectivity index (χ3v) is 22.8. The number of rotatable bonds is 16. The lowest BCUT2D eigenvalue weighted by Crippen LogP contribution is -2.16. The monoisotopic (exact) mass is 1950 g/mol. The molecule has 16 rings (SSSR count). The Kier molecular flexibility index (Phi) is 25.9. The maximum Gasteiger partial charge on any atom is 0.417 e. The van der Waals surface area contributed by atoms with Gasteiger partial charge in [-0.05, 0) is 84.9 Å². The van der Waals surface area contributed by atoms with Crippen LogP contribution in [0, 0.1) is 20.2 Å². The summed E-state index contributed by atoms with van der Waals surface area (Å²) in [4.78, 5) is 106. The Morgan fingerprint density at radius 1 is 0.352 bits per heavy atom. The molecular formula is C84H58Cl10F6N14O14. The number of fused-ring (bicyclic) bond motifs is 4. The molecule has 44 heteroatoms. The molecule has 28 nitrogen and oxygen atoms in total. The second-order valence-electron chi connectivity index (χ2n) is 28.8. The van der Waals surface area contributed by atoms with Crippen LogP contribution in [0.1, 0.15) is 97.1 Å². The van der Waals surface area contributed by atoms with Gasteiger partial charge in [0.05, 0.1) is 188 Å². The molecule has 4 aromatic heterocycles. The van der Waals surface area contributed by atoms with Gasteiger partial charge in [0.2, 0.25) is 0 Å². The van der Waals surface area contributed by atoms with E-state index in [2.05, 4.69) is 39.9 Å². The molecule has 0 aliphatic carbocycles. The number of aliphatic imine (C=N–C) groups is 4. The van der Waals surface area contributed by atoms with Crippen LogP contribution in [0.5, 0.6) is 35.0 Å². The number of nitrogens with one attached hydrogen (secondary N) is 4. The van der Waals surface area contributed by atoms with Crippen LogP contribution in [-0.4, -0.2) is 167 Å². The minimum atomic E-state index is -4.84. The SMILES string of the molecule is CN(C)c1c(Cl)cc(Cl)cc1C1=NC(=O)c2c(-c3cc(Cl)cc(Cl)c3N(C)C)[nH]c(O)c21.CN(C)c1ccc(C2=NC(=O)c3c(-c4ccc(N(C)C)cc4C(F)(F)F)[nH]c(O)c32)c(C(F)(F)F)c1.COc1c(Cl)cc(C2=NC(=O)c3c(-c4cc(Cl)c(OC)c(Cl)c4)[nH]c(O)c32)cc1Cl.O=C1N=C(c2c(Cl)cccc2[N+](=O)[O-])c2c(O)[nH]c(-c3c(Cl)cccc3[N+](=O)[O-])c21. The van der Waals surface area contributed by atoms with Gasteiger partial charge in [0.1, 0.15) is 0 Å². The average molecular weight is 1960 g/mol. The van der Waals surface area contributed by atoms with E-state index >= 15 is 0 Å². The normalized spacial score (nSPS) is 13.0. The molecule has 0 unspecified atom stereocenters. The van der Waals surface area contributed by atoms with E-state index in [1.54, 1.807) is 86.5 Å². The van der Waals surface area contributed by atoms with Crippen molar-refractivity contribution in [3.63, 3.8) is 0 Å². The zero-order valence-electron chi connectivity index (χ0n) is 66.9. The summed E-state index contributed by atoms with van der Waals surface area (Å²) in [6, 6.07) is 27.4. The van der Waals surface area contributed by atoms with Gasteiger partial charge in [-0.1, -0.05) is 140 Å². The Hall–Kier alpha value is -12.5. The number of nitro groups is 2. The minimum Gasteiger partial charge on any atom is -0.494 e. The maximum absolute atomic E-state index is 13.9. The van der Waals surface area contributed by atoms with Crippen LogP contribution in [0.25, 0.3) is 45.0 Å². The van der Waals surface area contributed by atoms with E-state index in [4.69, 9.17) is 125 Å². The molecule has 4 aliphatic heterocycles. The van der Waals surface area contributed by atoms with Crippen molar-refractivity contribution < 1.29 is 85.3 Å². The fraction of sp³-hybridized carbons (Fsp3) is 0.143. The third-order valence-electron chi connectivity index (χ3n) is 20.1. The van der Waals surface area contributed by atoms with E-state index in [1.807, 2.05) is 28.2 Å².